The van der Waals surface area contributed by atoms with E-state index in [1.54, 1.807) is 6.20 Å². The fourth-order valence-corrected chi connectivity index (χ4v) is 6.10. The van der Waals surface area contributed by atoms with Gasteiger partial charge in [0.2, 0.25) is 21.8 Å². The van der Waals surface area contributed by atoms with Crippen molar-refractivity contribution in [3.63, 3.8) is 0 Å². The van der Waals surface area contributed by atoms with Crippen molar-refractivity contribution in [3.05, 3.63) is 51.7 Å². The van der Waals surface area contributed by atoms with Gasteiger partial charge in [0.05, 0.1) is 17.1 Å². The summed E-state index contributed by atoms with van der Waals surface area (Å²) in [6.45, 7) is 4.50. The third kappa shape index (κ3) is 8.17. The summed E-state index contributed by atoms with van der Waals surface area (Å²) < 4.78 is 29.2. The Hall–Kier alpha value is -2.18. The molecule has 13 heteroatoms. The van der Waals surface area contributed by atoms with Crippen LogP contribution in [0.25, 0.3) is 4.96 Å². The van der Waals surface area contributed by atoms with Gasteiger partial charge in [0.15, 0.2) is 4.96 Å². The number of carbonyl (C=O) groups excluding carboxylic acids is 2. The fraction of sp³-hybridized carbons (Fsp3) is 0.435. The number of unbranched alkanes of at least 4 members (excludes halogenated alkanes) is 1. The quantitative estimate of drug-likeness (QED) is 0.269. The summed E-state index contributed by atoms with van der Waals surface area (Å²) in [6.07, 6.45) is 5.32. The van der Waals surface area contributed by atoms with Crippen molar-refractivity contribution in [1.29, 1.82) is 0 Å². The van der Waals surface area contributed by atoms with E-state index < -0.39 is 16.1 Å². The van der Waals surface area contributed by atoms with Crippen molar-refractivity contribution in [3.8, 4) is 0 Å². The van der Waals surface area contributed by atoms with E-state index in [4.69, 9.17) is 23.2 Å². The maximum atomic E-state index is 12.7. The molecule has 0 spiro atoms. The molecular formula is C23H29Cl2N5O4S2. The van der Waals surface area contributed by atoms with Crippen LogP contribution in [0.1, 0.15) is 38.8 Å². The molecule has 1 atom stereocenters. The van der Waals surface area contributed by atoms with Crippen molar-refractivity contribution >= 4 is 61.3 Å². The van der Waals surface area contributed by atoms with Gasteiger partial charge in [-0.3, -0.25) is 14.0 Å². The maximum Gasteiger partial charge on any atom is 0.242 e. The monoisotopic (exact) mass is 573 g/mol. The van der Waals surface area contributed by atoms with Crippen molar-refractivity contribution in [2.24, 2.45) is 5.92 Å². The number of imidazole rings is 1. The van der Waals surface area contributed by atoms with E-state index in [2.05, 4.69) is 20.3 Å². The number of sulfonamides is 1. The Bertz CT molecular complexity index is 1280. The zero-order valence-corrected chi connectivity index (χ0v) is 23.1. The van der Waals surface area contributed by atoms with Gasteiger partial charge in [-0.1, -0.05) is 37.0 Å². The number of amides is 2. The Labute approximate surface area is 224 Å². The van der Waals surface area contributed by atoms with Gasteiger partial charge in [-0.25, -0.2) is 18.1 Å². The third-order valence-corrected chi connectivity index (χ3v) is 8.17. The summed E-state index contributed by atoms with van der Waals surface area (Å²) in [4.78, 5) is 30.5. The molecule has 2 aromatic heterocycles. The van der Waals surface area contributed by atoms with E-state index in [0.29, 0.717) is 36.5 Å². The lowest BCUT2D eigenvalue weighted by Crippen LogP contribution is -2.48. The molecule has 3 N–H and O–H groups in total. The molecule has 0 radical (unpaired) electrons. The molecule has 0 saturated heterocycles. The number of carbonyl (C=O) groups is 2. The average Bonchev–Trinajstić information content (AvgIpc) is 3.36. The van der Waals surface area contributed by atoms with Gasteiger partial charge in [0.25, 0.3) is 0 Å². The van der Waals surface area contributed by atoms with Crippen LogP contribution in [0.5, 0.6) is 0 Å². The van der Waals surface area contributed by atoms with Crippen molar-refractivity contribution < 1.29 is 18.0 Å². The highest BCUT2D eigenvalue weighted by Gasteiger charge is 2.22. The van der Waals surface area contributed by atoms with E-state index in [1.807, 2.05) is 29.8 Å². The predicted molar refractivity (Wildman–Crippen MR) is 142 cm³/mol. The highest BCUT2D eigenvalue weighted by atomic mass is 35.5. The minimum absolute atomic E-state index is 0.0375. The van der Waals surface area contributed by atoms with Gasteiger partial charge < -0.3 is 10.6 Å². The number of thiazole rings is 1. The van der Waals surface area contributed by atoms with E-state index in [-0.39, 0.29) is 40.6 Å². The lowest BCUT2D eigenvalue weighted by atomic mass is 10.0. The first-order valence-electron chi connectivity index (χ1n) is 11.5. The van der Waals surface area contributed by atoms with E-state index in [9.17, 15) is 18.0 Å². The smallest absolute Gasteiger partial charge is 0.242 e. The molecule has 1 aromatic carbocycles. The molecule has 0 aliphatic rings. The standard InChI is InChI=1S/C23H29Cl2N5O4S2/c1-15(2)11-19(29-21(31)13-17-14-30-9-10-35-23(30)28-17)22(32)26-7-3-4-8-27-36(33,34)20-6-5-16(24)12-18(20)25/h5-6,9-10,12,14-15,19,27H,3-4,7-8,11,13H2,1-2H3,(H,26,32)(H,29,31)/t19-/m0/s1. The van der Waals surface area contributed by atoms with Crippen LogP contribution in [0.4, 0.5) is 0 Å². The topological polar surface area (TPSA) is 122 Å². The third-order valence-electron chi connectivity index (χ3n) is 5.22. The van der Waals surface area contributed by atoms with Crippen LogP contribution >= 0.6 is 34.5 Å². The minimum atomic E-state index is -3.76. The van der Waals surface area contributed by atoms with Gasteiger partial charge in [-0.15, -0.1) is 11.3 Å². The molecule has 196 valence electrons. The molecule has 0 fully saturated rings. The van der Waals surface area contributed by atoms with Crippen molar-refractivity contribution in [2.75, 3.05) is 13.1 Å². The molecule has 3 aromatic rings. The molecule has 36 heavy (non-hydrogen) atoms. The number of rotatable bonds is 13. The Morgan fingerprint density at radius 3 is 2.61 bits per heavy atom. The summed E-state index contributed by atoms with van der Waals surface area (Å²) in [7, 11) is -3.76. The lowest BCUT2D eigenvalue weighted by Gasteiger charge is -2.20. The second-order valence-electron chi connectivity index (χ2n) is 8.72. The van der Waals surface area contributed by atoms with Gasteiger partial charge in [0.1, 0.15) is 10.9 Å². The highest BCUT2D eigenvalue weighted by molar-refractivity contribution is 7.89. The summed E-state index contributed by atoms with van der Waals surface area (Å²) in [6, 6.07) is 3.53. The summed E-state index contributed by atoms with van der Waals surface area (Å²) in [5.74, 6) is -0.332. The Morgan fingerprint density at radius 2 is 1.92 bits per heavy atom. The summed E-state index contributed by atoms with van der Waals surface area (Å²) in [5.41, 5.74) is 0.644. The zero-order chi connectivity index (χ0) is 26.3. The van der Waals surface area contributed by atoms with Crippen LogP contribution in [-0.2, 0) is 26.0 Å². The van der Waals surface area contributed by atoms with Gasteiger partial charge in [0, 0.05) is 35.9 Å². The Kier molecular flexibility index (Phi) is 10.1. The lowest BCUT2D eigenvalue weighted by molar-refractivity contribution is -0.129. The molecular weight excluding hydrogens is 545 g/mol. The van der Waals surface area contributed by atoms with Gasteiger partial charge >= 0.3 is 0 Å². The number of aromatic nitrogens is 2. The molecule has 0 unspecified atom stereocenters. The summed E-state index contributed by atoms with van der Waals surface area (Å²) >= 11 is 13.3. The molecule has 3 rings (SSSR count). The first-order chi connectivity index (χ1) is 17.0. The number of nitrogens with one attached hydrogen (secondary N) is 3. The molecule has 2 heterocycles. The number of benzene rings is 1. The number of nitrogens with zero attached hydrogens (tertiary/aromatic N) is 2. The summed E-state index contributed by atoms with van der Waals surface area (Å²) in [5, 5.41) is 7.97. The van der Waals surface area contributed by atoms with Gasteiger partial charge in [-0.2, -0.15) is 0 Å². The van der Waals surface area contributed by atoms with Crippen LogP contribution in [0.3, 0.4) is 0 Å². The van der Waals surface area contributed by atoms with Crippen LogP contribution in [0, 0.1) is 5.92 Å². The average molecular weight is 575 g/mol. The normalized spacial score (nSPS) is 12.7. The van der Waals surface area contributed by atoms with Crippen LogP contribution in [-0.4, -0.2) is 48.7 Å². The number of halogens is 2. The second-order valence-corrected chi connectivity index (χ2v) is 12.2. The Morgan fingerprint density at radius 1 is 1.17 bits per heavy atom. The zero-order valence-electron chi connectivity index (χ0n) is 20.0. The van der Waals surface area contributed by atoms with Crippen LogP contribution in [0.2, 0.25) is 10.0 Å². The minimum Gasteiger partial charge on any atom is -0.354 e. The maximum absolute atomic E-state index is 12.7. The van der Waals surface area contributed by atoms with Crippen LogP contribution in [0.15, 0.2) is 40.9 Å². The molecule has 0 aliphatic heterocycles. The molecule has 0 aliphatic carbocycles. The second kappa shape index (κ2) is 12.9. The SMILES string of the molecule is CC(C)C[C@H](NC(=O)Cc1cn2ccsc2n1)C(=O)NCCCCNS(=O)(=O)c1ccc(Cl)cc1Cl. The van der Waals surface area contributed by atoms with E-state index >= 15 is 0 Å². The highest BCUT2D eigenvalue weighted by Crippen LogP contribution is 2.24. The van der Waals surface area contributed by atoms with Gasteiger partial charge in [-0.05, 0) is 43.4 Å². The first kappa shape index (κ1) is 28.4. The predicted octanol–water partition coefficient (Wildman–Crippen LogP) is 3.65. The molecule has 0 bridgehead atoms. The van der Waals surface area contributed by atoms with E-state index in [0.717, 1.165) is 4.96 Å². The molecule has 9 nitrogen and oxygen atoms in total. The largest absolute Gasteiger partial charge is 0.354 e. The molecule has 2 amide bonds. The van der Waals surface area contributed by atoms with Crippen molar-refractivity contribution in [2.45, 2.75) is 50.5 Å². The fourth-order valence-electron chi connectivity index (χ4n) is 3.54. The van der Waals surface area contributed by atoms with E-state index in [1.165, 1.54) is 29.5 Å². The number of hydrogen-bond acceptors (Lipinski definition) is 6. The van der Waals surface area contributed by atoms with Crippen LogP contribution < -0.4 is 15.4 Å². The number of hydrogen-bond donors (Lipinski definition) is 3. The Balaban J connectivity index is 1.42. The first-order valence-corrected chi connectivity index (χ1v) is 14.6. The molecule has 0 saturated carbocycles. The number of fused-ring (bicyclic) bond motifs is 1. The van der Waals surface area contributed by atoms with Crippen molar-refractivity contribution in [1.82, 2.24) is 24.7 Å².